The van der Waals surface area contributed by atoms with Gasteiger partial charge < -0.3 is 0 Å². The molecule has 0 unspecified atom stereocenters. The van der Waals surface area contributed by atoms with Crippen LogP contribution in [0.5, 0.6) is 0 Å². The van der Waals surface area contributed by atoms with E-state index < -0.39 is 5.41 Å². The van der Waals surface area contributed by atoms with E-state index in [-0.39, 0.29) is 0 Å². The Balaban J connectivity index is 1.45. The Morgan fingerprint density at radius 3 is 0.980 bits per heavy atom. The van der Waals surface area contributed by atoms with Gasteiger partial charge in [0.05, 0.1) is 5.41 Å². The van der Waals surface area contributed by atoms with E-state index in [9.17, 15) is 0 Å². The maximum absolute atomic E-state index is 4.54. The lowest BCUT2D eigenvalue weighted by molar-refractivity contribution is 0.703. The summed E-state index contributed by atoms with van der Waals surface area (Å²) in [6.07, 6.45) is 12.0. The first-order chi connectivity index (χ1) is 24.8. The smallest absolute Gasteiger partial charge is 0.162 e. The fourth-order valence-corrected chi connectivity index (χ4v) is 7.73. The SMILES string of the molecule is c1ccc2c(c1)Sc1ccccc1C2(c1cc(-c2ncncn2)cc(-c2ncncn2)c1)c1cc(-c2ncncn2)cc(-c2ncncn2)c1. The van der Waals surface area contributed by atoms with Gasteiger partial charge in [-0.1, -0.05) is 48.2 Å². The lowest BCUT2D eigenvalue weighted by Gasteiger charge is -2.42. The van der Waals surface area contributed by atoms with Gasteiger partial charge in [0.2, 0.25) is 0 Å². The topological polar surface area (TPSA) is 155 Å². The lowest BCUT2D eigenvalue weighted by atomic mass is 9.64. The Kier molecular flexibility index (Phi) is 7.28. The fraction of sp³-hybridized carbons (Fsp3) is 0.0270. The summed E-state index contributed by atoms with van der Waals surface area (Å²) in [6.45, 7) is 0. The second-order valence-electron chi connectivity index (χ2n) is 11.3. The van der Waals surface area contributed by atoms with Gasteiger partial charge >= 0.3 is 0 Å². The van der Waals surface area contributed by atoms with Gasteiger partial charge in [0.1, 0.15) is 50.6 Å². The summed E-state index contributed by atoms with van der Waals surface area (Å²) in [5.41, 5.74) is 6.28. The molecule has 0 atom stereocenters. The van der Waals surface area contributed by atoms with Gasteiger partial charge in [-0.2, -0.15) is 0 Å². The van der Waals surface area contributed by atoms with Crippen molar-refractivity contribution in [3.05, 3.63) is 158 Å². The highest BCUT2D eigenvalue weighted by Gasteiger charge is 2.45. The van der Waals surface area contributed by atoms with Crippen molar-refractivity contribution in [1.29, 1.82) is 0 Å². The quantitative estimate of drug-likeness (QED) is 0.206. The van der Waals surface area contributed by atoms with Crippen LogP contribution in [0.4, 0.5) is 0 Å². The zero-order chi connectivity index (χ0) is 33.3. The van der Waals surface area contributed by atoms with Gasteiger partial charge in [0.15, 0.2) is 23.3 Å². The molecule has 236 valence electrons. The van der Waals surface area contributed by atoms with Crippen LogP contribution in [0, 0.1) is 0 Å². The standard InChI is InChI=1S/C37H22N12S/c1-3-7-31-29(5-1)37(30-6-2-4-8-32(30)50-31,27-11-23(33-42-15-38-16-43-33)9-24(12-27)34-44-17-39-18-45-34)28-13-25(35-46-19-40-20-47-35)10-26(14-28)36-48-21-41-22-49-36/h1-22H. The maximum atomic E-state index is 4.54. The third-order valence-corrected chi connectivity index (χ3v) is 9.69. The minimum Gasteiger partial charge on any atom is -0.225 e. The van der Waals surface area contributed by atoms with E-state index in [0.717, 1.165) is 54.3 Å². The maximum Gasteiger partial charge on any atom is 0.162 e. The zero-order valence-corrected chi connectivity index (χ0v) is 26.8. The third-order valence-electron chi connectivity index (χ3n) is 8.54. The van der Waals surface area contributed by atoms with Gasteiger partial charge in [0, 0.05) is 32.0 Å². The van der Waals surface area contributed by atoms with E-state index in [4.69, 9.17) is 0 Å². The Bertz CT molecular complexity index is 2180. The van der Waals surface area contributed by atoms with Crippen molar-refractivity contribution in [2.75, 3.05) is 0 Å². The van der Waals surface area contributed by atoms with Crippen LogP contribution in [-0.4, -0.2) is 59.8 Å². The second-order valence-corrected chi connectivity index (χ2v) is 12.4. The summed E-state index contributed by atoms with van der Waals surface area (Å²) in [4.78, 5) is 54.8. The van der Waals surface area contributed by atoms with Crippen LogP contribution in [0.15, 0.2) is 145 Å². The first-order valence-corrected chi connectivity index (χ1v) is 16.3. The largest absolute Gasteiger partial charge is 0.225 e. The first kappa shape index (κ1) is 29.4. The Morgan fingerprint density at radius 2 is 0.660 bits per heavy atom. The van der Waals surface area contributed by atoms with Gasteiger partial charge in [-0.15, -0.1) is 0 Å². The van der Waals surface area contributed by atoms with Crippen molar-refractivity contribution < 1.29 is 0 Å². The van der Waals surface area contributed by atoms with Crippen LogP contribution in [0.2, 0.25) is 0 Å². The Hall–Kier alpha value is -6.73. The molecule has 8 aromatic rings. The number of nitrogens with zero attached hydrogens (tertiary/aromatic N) is 12. The van der Waals surface area contributed by atoms with Crippen LogP contribution < -0.4 is 0 Å². The molecule has 4 aromatic heterocycles. The van der Waals surface area contributed by atoms with Gasteiger partial charge in [0.25, 0.3) is 0 Å². The normalized spacial score (nSPS) is 12.9. The van der Waals surface area contributed by atoms with Crippen LogP contribution in [0.25, 0.3) is 45.6 Å². The Morgan fingerprint density at radius 1 is 0.360 bits per heavy atom. The highest BCUT2D eigenvalue weighted by atomic mass is 32.2. The van der Waals surface area contributed by atoms with Crippen molar-refractivity contribution in [2.45, 2.75) is 15.2 Å². The minimum atomic E-state index is -0.895. The van der Waals surface area contributed by atoms with Crippen molar-refractivity contribution in [1.82, 2.24) is 59.8 Å². The molecule has 9 rings (SSSR count). The lowest BCUT2D eigenvalue weighted by Crippen LogP contribution is -2.34. The fourth-order valence-electron chi connectivity index (χ4n) is 6.54. The molecule has 0 spiro atoms. The summed E-state index contributed by atoms with van der Waals surface area (Å²) in [7, 11) is 0. The molecule has 0 bridgehead atoms. The molecular weight excluding hydrogens is 645 g/mol. The van der Waals surface area contributed by atoms with Crippen LogP contribution in [0.3, 0.4) is 0 Å². The Labute approximate surface area is 289 Å². The van der Waals surface area contributed by atoms with Gasteiger partial charge in [-0.05, 0) is 70.8 Å². The molecule has 1 aliphatic rings. The molecule has 12 nitrogen and oxygen atoms in total. The van der Waals surface area contributed by atoms with Crippen molar-refractivity contribution in [3.63, 3.8) is 0 Å². The number of benzene rings is 4. The molecule has 0 radical (unpaired) electrons. The van der Waals surface area contributed by atoms with Gasteiger partial charge in [-0.25, -0.2) is 59.8 Å². The molecule has 0 N–H and O–H groups in total. The highest BCUT2D eigenvalue weighted by molar-refractivity contribution is 7.99. The molecule has 0 saturated heterocycles. The van der Waals surface area contributed by atoms with E-state index in [2.05, 4.69) is 133 Å². The van der Waals surface area contributed by atoms with Crippen molar-refractivity contribution in [2.24, 2.45) is 0 Å². The van der Waals surface area contributed by atoms with E-state index >= 15 is 0 Å². The third kappa shape index (κ3) is 5.04. The molecule has 0 aliphatic carbocycles. The molecule has 4 aromatic carbocycles. The van der Waals surface area contributed by atoms with E-state index in [1.54, 1.807) is 11.8 Å². The minimum absolute atomic E-state index is 0.517. The average Bonchev–Trinajstić information content (AvgIpc) is 3.21. The van der Waals surface area contributed by atoms with E-state index in [1.807, 2.05) is 12.1 Å². The molecular formula is C37H22N12S. The van der Waals surface area contributed by atoms with E-state index in [0.29, 0.717) is 23.3 Å². The molecule has 0 fully saturated rings. The van der Waals surface area contributed by atoms with Crippen LogP contribution in [-0.2, 0) is 5.41 Å². The summed E-state index contributed by atoms with van der Waals surface area (Å²) in [5.74, 6) is 2.07. The van der Waals surface area contributed by atoms with Gasteiger partial charge in [-0.3, -0.25) is 0 Å². The summed E-state index contributed by atoms with van der Waals surface area (Å²) in [5, 5.41) is 0. The predicted octanol–water partition coefficient (Wildman–Crippen LogP) is 5.94. The molecule has 5 heterocycles. The average molecular weight is 667 g/mol. The molecule has 13 heteroatoms. The number of hydrogen-bond donors (Lipinski definition) is 0. The first-order valence-electron chi connectivity index (χ1n) is 15.4. The molecule has 0 amide bonds. The zero-order valence-electron chi connectivity index (χ0n) is 26.0. The molecule has 0 saturated carbocycles. The summed E-state index contributed by atoms with van der Waals surface area (Å²) >= 11 is 1.74. The molecule has 50 heavy (non-hydrogen) atoms. The molecule has 1 aliphatic heterocycles. The summed E-state index contributed by atoms with van der Waals surface area (Å²) in [6, 6.07) is 29.5. The number of fused-ring (bicyclic) bond motifs is 2. The highest BCUT2D eigenvalue weighted by Crippen LogP contribution is 2.57. The second kappa shape index (κ2) is 12.4. The number of hydrogen-bond acceptors (Lipinski definition) is 13. The monoisotopic (exact) mass is 666 g/mol. The van der Waals surface area contributed by atoms with Crippen molar-refractivity contribution >= 4 is 11.8 Å². The predicted molar refractivity (Wildman–Crippen MR) is 184 cm³/mol. The summed E-state index contributed by atoms with van der Waals surface area (Å²) < 4.78 is 0. The van der Waals surface area contributed by atoms with E-state index in [1.165, 1.54) is 50.6 Å². The van der Waals surface area contributed by atoms with Crippen molar-refractivity contribution in [3.8, 4) is 45.6 Å². The number of aromatic nitrogens is 12. The van der Waals surface area contributed by atoms with Crippen LogP contribution in [0.1, 0.15) is 22.3 Å². The number of rotatable bonds is 6. The van der Waals surface area contributed by atoms with Crippen LogP contribution >= 0.6 is 11.8 Å².